The second-order valence-electron chi connectivity index (χ2n) is 4.05. The van der Waals surface area contributed by atoms with Gasteiger partial charge in [0.15, 0.2) is 0 Å². The van der Waals surface area contributed by atoms with Gasteiger partial charge in [0.25, 0.3) is 0 Å². The molecule has 0 spiro atoms. The molecule has 15 heavy (non-hydrogen) atoms. The van der Waals surface area contributed by atoms with Crippen molar-refractivity contribution in [3.63, 3.8) is 0 Å². The smallest absolute Gasteiger partial charge is 0.120 e. The number of hydrogen-bond donors (Lipinski definition) is 0. The van der Waals surface area contributed by atoms with Crippen LogP contribution in [0.5, 0.6) is 5.75 Å². The summed E-state index contributed by atoms with van der Waals surface area (Å²) in [4.78, 5) is 2.35. The number of rotatable bonds is 3. The molecule has 2 nitrogen and oxygen atoms in total. The molecule has 1 aromatic rings. The van der Waals surface area contributed by atoms with E-state index in [-0.39, 0.29) is 0 Å². The lowest BCUT2D eigenvalue weighted by Gasteiger charge is -2.19. The molecule has 0 saturated carbocycles. The summed E-state index contributed by atoms with van der Waals surface area (Å²) in [6, 6.07) is 8.13. The molecule has 1 fully saturated rings. The SMILES string of the molecule is CN1CCC[C@H]1COc1cccc(Cl)c1. The zero-order valence-corrected chi connectivity index (χ0v) is 9.70. The lowest BCUT2D eigenvalue weighted by molar-refractivity contribution is 0.198. The highest BCUT2D eigenvalue weighted by Gasteiger charge is 2.21. The summed E-state index contributed by atoms with van der Waals surface area (Å²) in [5.74, 6) is 0.864. The van der Waals surface area contributed by atoms with E-state index >= 15 is 0 Å². The maximum atomic E-state index is 5.88. The molecule has 3 heteroatoms. The summed E-state index contributed by atoms with van der Waals surface area (Å²) < 4.78 is 5.72. The molecule has 0 radical (unpaired) electrons. The first-order chi connectivity index (χ1) is 7.25. The monoisotopic (exact) mass is 225 g/mol. The summed E-state index contributed by atoms with van der Waals surface area (Å²) in [6.07, 6.45) is 2.51. The van der Waals surface area contributed by atoms with E-state index < -0.39 is 0 Å². The van der Waals surface area contributed by atoms with Crippen molar-refractivity contribution in [2.24, 2.45) is 0 Å². The van der Waals surface area contributed by atoms with E-state index in [2.05, 4.69) is 11.9 Å². The third kappa shape index (κ3) is 2.86. The minimum Gasteiger partial charge on any atom is -0.492 e. The molecule has 1 aliphatic rings. The quantitative estimate of drug-likeness (QED) is 0.785. The molecule has 1 saturated heterocycles. The van der Waals surface area contributed by atoms with Gasteiger partial charge in [-0.15, -0.1) is 0 Å². The summed E-state index contributed by atoms with van der Waals surface area (Å²) in [5.41, 5.74) is 0. The highest BCUT2D eigenvalue weighted by atomic mass is 35.5. The lowest BCUT2D eigenvalue weighted by atomic mass is 10.2. The van der Waals surface area contributed by atoms with Crippen LogP contribution < -0.4 is 4.74 Å². The van der Waals surface area contributed by atoms with Crippen LogP contribution in [0.15, 0.2) is 24.3 Å². The van der Waals surface area contributed by atoms with Gasteiger partial charge in [0.2, 0.25) is 0 Å². The molecule has 1 aliphatic heterocycles. The molecule has 0 bridgehead atoms. The number of ether oxygens (including phenoxy) is 1. The van der Waals surface area contributed by atoms with Crippen LogP contribution in [0.3, 0.4) is 0 Å². The van der Waals surface area contributed by atoms with Gasteiger partial charge < -0.3 is 9.64 Å². The van der Waals surface area contributed by atoms with Crippen molar-refractivity contribution in [3.8, 4) is 5.75 Å². The minimum atomic E-state index is 0.559. The van der Waals surface area contributed by atoms with Crippen molar-refractivity contribution in [2.45, 2.75) is 18.9 Å². The number of halogens is 1. The predicted octanol–water partition coefficient (Wildman–Crippen LogP) is 2.81. The summed E-state index contributed by atoms with van der Waals surface area (Å²) in [5, 5.41) is 0.729. The maximum Gasteiger partial charge on any atom is 0.120 e. The zero-order chi connectivity index (χ0) is 10.7. The molecule has 1 heterocycles. The normalized spacial score (nSPS) is 21.9. The molecule has 0 aromatic heterocycles. The second-order valence-corrected chi connectivity index (χ2v) is 4.48. The van der Waals surface area contributed by atoms with E-state index in [1.807, 2.05) is 24.3 Å². The first kappa shape index (κ1) is 10.8. The Kier molecular flexibility index (Phi) is 3.49. The van der Waals surface area contributed by atoms with Crippen molar-refractivity contribution in [3.05, 3.63) is 29.3 Å². The number of benzene rings is 1. The number of hydrogen-bond acceptors (Lipinski definition) is 2. The molecular weight excluding hydrogens is 210 g/mol. The van der Waals surface area contributed by atoms with Gasteiger partial charge in [0, 0.05) is 11.1 Å². The van der Waals surface area contributed by atoms with E-state index in [1.165, 1.54) is 19.4 Å². The van der Waals surface area contributed by atoms with Crippen LogP contribution in [0, 0.1) is 0 Å². The molecule has 0 unspecified atom stereocenters. The van der Waals surface area contributed by atoms with Crippen molar-refractivity contribution in [1.29, 1.82) is 0 Å². The molecule has 2 rings (SSSR count). The Morgan fingerprint density at radius 1 is 1.53 bits per heavy atom. The van der Waals surface area contributed by atoms with E-state index in [0.29, 0.717) is 6.04 Å². The van der Waals surface area contributed by atoms with E-state index in [0.717, 1.165) is 17.4 Å². The van der Waals surface area contributed by atoms with E-state index in [1.54, 1.807) is 0 Å². The summed E-state index contributed by atoms with van der Waals surface area (Å²) in [7, 11) is 2.15. The van der Waals surface area contributed by atoms with Crippen LogP contribution in [0.1, 0.15) is 12.8 Å². The van der Waals surface area contributed by atoms with Gasteiger partial charge in [-0.25, -0.2) is 0 Å². The maximum absolute atomic E-state index is 5.88. The zero-order valence-electron chi connectivity index (χ0n) is 8.95. The third-order valence-electron chi connectivity index (χ3n) is 2.91. The average molecular weight is 226 g/mol. The van der Waals surface area contributed by atoms with Gasteiger partial charge >= 0.3 is 0 Å². The predicted molar refractivity (Wildman–Crippen MR) is 62.6 cm³/mol. The molecule has 82 valence electrons. The number of likely N-dealkylation sites (tertiary alicyclic amines) is 1. The summed E-state index contributed by atoms with van der Waals surface area (Å²) in [6.45, 7) is 1.94. The molecule has 0 aliphatic carbocycles. The fourth-order valence-electron chi connectivity index (χ4n) is 1.94. The van der Waals surface area contributed by atoms with Crippen LogP contribution in [0.2, 0.25) is 5.02 Å². The Bertz CT molecular complexity index is 329. The van der Waals surface area contributed by atoms with Gasteiger partial charge in [-0.2, -0.15) is 0 Å². The molecular formula is C12H16ClNO. The van der Waals surface area contributed by atoms with Crippen molar-refractivity contribution < 1.29 is 4.74 Å². The lowest BCUT2D eigenvalue weighted by Crippen LogP contribution is -2.30. The molecule has 1 aromatic carbocycles. The molecule has 0 N–H and O–H groups in total. The average Bonchev–Trinajstić information content (AvgIpc) is 2.61. The Morgan fingerprint density at radius 2 is 2.40 bits per heavy atom. The highest BCUT2D eigenvalue weighted by molar-refractivity contribution is 6.30. The Labute approximate surface area is 95.8 Å². The van der Waals surface area contributed by atoms with Crippen molar-refractivity contribution in [1.82, 2.24) is 4.90 Å². The van der Waals surface area contributed by atoms with Crippen LogP contribution >= 0.6 is 11.6 Å². The second kappa shape index (κ2) is 4.86. The van der Waals surface area contributed by atoms with Crippen molar-refractivity contribution >= 4 is 11.6 Å². The van der Waals surface area contributed by atoms with E-state index in [4.69, 9.17) is 16.3 Å². The first-order valence-corrected chi connectivity index (χ1v) is 5.72. The molecule has 0 amide bonds. The van der Waals surface area contributed by atoms with E-state index in [9.17, 15) is 0 Å². The Balaban J connectivity index is 1.87. The van der Waals surface area contributed by atoms with Crippen molar-refractivity contribution in [2.75, 3.05) is 20.2 Å². The minimum absolute atomic E-state index is 0.559. The van der Waals surface area contributed by atoms with Gasteiger partial charge in [0.1, 0.15) is 12.4 Å². The largest absolute Gasteiger partial charge is 0.492 e. The Hall–Kier alpha value is -0.730. The number of likely N-dealkylation sites (N-methyl/N-ethyl adjacent to an activating group) is 1. The van der Waals surface area contributed by atoms with Gasteiger partial charge in [-0.1, -0.05) is 17.7 Å². The van der Waals surface area contributed by atoms with Crippen LogP contribution in [0.25, 0.3) is 0 Å². The topological polar surface area (TPSA) is 12.5 Å². The number of nitrogens with zero attached hydrogens (tertiary/aromatic N) is 1. The standard InChI is InChI=1S/C12H16ClNO/c1-14-7-3-5-11(14)9-15-12-6-2-4-10(13)8-12/h2,4,6,8,11H,3,5,7,9H2,1H3/t11-/m0/s1. The fourth-order valence-corrected chi connectivity index (χ4v) is 2.12. The van der Waals surface area contributed by atoms with Crippen LogP contribution in [-0.2, 0) is 0 Å². The molecule has 1 atom stereocenters. The first-order valence-electron chi connectivity index (χ1n) is 5.34. The highest BCUT2D eigenvalue weighted by Crippen LogP contribution is 2.20. The Morgan fingerprint density at radius 3 is 3.07 bits per heavy atom. The van der Waals surface area contributed by atoms with Gasteiger partial charge in [0.05, 0.1) is 0 Å². The van der Waals surface area contributed by atoms with Crippen LogP contribution in [-0.4, -0.2) is 31.1 Å². The summed E-state index contributed by atoms with van der Waals surface area (Å²) >= 11 is 5.88. The third-order valence-corrected chi connectivity index (χ3v) is 3.15. The van der Waals surface area contributed by atoms with Crippen LogP contribution in [0.4, 0.5) is 0 Å². The fraction of sp³-hybridized carbons (Fsp3) is 0.500. The van der Waals surface area contributed by atoms with Gasteiger partial charge in [-0.3, -0.25) is 0 Å². The van der Waals surface area contributed by atoms with Gasteiger partial charge in [-0.05, 0) is 44.6 Å².